The first-order valence-electron chi connectivity index (χ1n) is 4.88. The molecular weight excluding hydrogens is 134 g/mol. The minimum atomic E-state index is 0.514. The third kappa shape index (κ3) is 4.41. The molecule has 0 aliphatic heterocycles. The van der Waals surface area contributed by atoms with Crippen LogP contribution < -0.4 is 5.73 Å². The molecule has 0 aromatic heterocycles. The van der Waals surface area contributed by atoms with Gasteiger partial charge in [0.15, 0.2) is 0 Å². The first-order valence-corrected chi connectivity index (χ1v) is 4.88. The number of hydrogen-bond donors (Lipinski definition) is 1. The molecule has 1 saturated carbocycles. The second-order valence-electron chi connectivity index (χ2n) is 3.93. The van der Waals surface area contributed by atoms with Gasteiger partial charge in [-0.05, 0) is 24.8 Å². The van der Waals surface area contributed by atoms with Gasteiger partial charge in [0.25, 0.3) is 0 Å². The molecule has 1 nitrogen and oxygen atoms in total. The molecule has 0 heterocycles. The van der Waals surface area contributed by atoms with Gasteiger partial charge in [-0.3, -0.25) is 0 Å². The van der Waals surface area contributed by atoms with Crippen LogP contribution in [0.25, 0.3) is 0 Å². The zero-order chi connectivity index (χ0) is 8.74. The number of hydrogen-bond acceptors (Lipinski definition) is 1. The molecule has 68 valence electrons. The third-order valence-corrected chi connectivity index (χ3v) is 2.30. The first kappa shape index (κ1) is 11.0. The Hall–Kier alpha value is -0.0400. The lowest BCUT2D eigenvalue weighted by Gasteiger charge is -2.19. The molecule has 0 radical (unpaired) electrons. The van der Waals surface area contributed by atoms with E-state index >= 15 is 0 Å². The Labute approximate surface area is 71.4 Å². The normalized spacial score (nSPS) is 20.7. The molecule has 1 heteroatoms. The second-order valence-corrected chi connectivity index (χ2v) is 3.93. The zero-order valence-electron chi connectivity index (χ0n) is 8.32. The van der Waals surface area contributed by atoms with Gasteiger partial charge in [0, 0.05) is 0 Å². The largest absolute Gasteiger partial charge is 0.330 e. The van der Waals surface area contributed by atoms with Gasteiger partial charge in [0.1, 0.15) is 0 Å². The Kier molecular flexibility index (Phi) is 5.57. The van der Waals surface area contributed by atoms with Crippen molar-refractivity contribution in [1.82, 2.24) is 0 Å². The van der Waals surface area contributed by atoms with Crippen LogP contribution in [0.4, 0.5) is 0 Å². The van der Waals surface area contributed by atoms with Crippen LogP contribution in [0.5, 0.6) is 0 Å². The molecule has 11 heavy (non-hydrogen) atoms. The highest BCUT2D eigenvalue weighted by molar-refractivity contribution is 4.80. The summed E-state index contributed by atoms with van der Waals surface area (Å²) in [4.78, 5) is 0. The van der Waals surface area contributed by atoms with Gasteiger partial charge in [-0.25, -0.2) is 0 Å². The predicted octanol–water partition coefficient (Wildman–Crippen LogP) is 2.94. The van der Waals surface area contributed by atoms with E-state index in [9.17, 15) is 0 Å². The zero-order valence-corrected chi connectivity index (χ0v) is 8.32. The van der Waals surface area contributed by atoms with Crippen LogP contribution in [-0.4, -0.2) is 6.54 Å². The Bertz CT molecular complexity index is 82.9. The molecule has 1 rings (SSSR count). The van der Waals surface area contributed by atoms with Crippen molar-refractivity contribution < 1.29 is 0 Å². The van der Waals surface area contributed by atoms with Gasteiger partial charge in [0.05, 0.1) is 0 Å². The molecule has 0 saturated heterocycles. The maximum atomic E-state index is 5.57. The SMILES string of the molecule is CC1(CN)CCCC1.CCC. The highest BCUT2D eigenvalue weighted by atomic mass is 14.6. The maximum Gasteiger partial charge on any atom is -0.00232 e. The van der Waals surface area contributed by atoms with E-state index in [1.165, 1.54) is 32.1 Å². The summed E-state index contributed by atoms with van der Waals surface area (Å²) in [6.07, 6.45) is 6.74. The maximum absolute atomic E-state index is 5.57. The lowest BCUT2D eigenvalue weighted by atomic mass is 9.89. The standard InChI is InChI=1S/C7H15N.C3H8/c1-7(6-8)4-2-3-5-7;1-3-2/h2-6,8H2,1H3;3H2,1-2H3. The predicted molar refractivity (Wildman–Crippen MR) is 51.6 cm³/mol. The van der Waals surface area contributed by atoms with Gasteiger partial charge in [-0.15, -0.1) is 0 Å². The van der Waals surface area contributed by atoms with Crippen LogP contribution in [-0.2, 0) is 0 Å². The summed E-state index contributed by atoms with van der Waals surface area (Å²) >= 11 is 0. The van der Waals surface area contributed by atoms with Gasteiger partial charge in [-0.2, -0.15) is 0 Å². The fourth-order valence-corrected chi connectivity index (χ4v) is 1.43. The first-order chi connectivity index (χ1) is 5.18. The van der Waals surface area contributed by atoms with E-state index in [2.05, 4.69) is 20.8 Å². The van der Waals surface area contributed by atoms with E-state index in [-0.39, 0.29) is 0 Å². The fraction of sp³-hybridized carbons (Fsp3) is 1.00. The second kappa shape index (κ2) is 5.59. The Morgan fingerprint density at radius 3 is 1.73 bits per heavy atom. The van der Waals surface area contributed by atoms with Crippen LogP contribution >= 0.6 is 0 Å². The average Bonchev–Trinajstić information content (AvgIpc) is 2.39. The molecular formula is C10H23N. The summed E-state index contributed by atoms with van der Waals surface area (Å²) in [5.74, 6) is 0. The summed E-state index contributed by atoms with van der Waals surface area (Å²) < 4.78 is 0. The molecule has 1 fully saturated rings. The highest BCUT2D eigenvalue weighted by Crippen LogP contribution is 2.35. The van der Waals surface area contributed by atoms with Gasteiger partial charge in [-0.1, -0.05) is 40.0 Å². The Morgan fingerprint density at radius 1 is 1.18 bits per heavy atom. The van der Waals surface area contributed by atoms with Crippen LogP contribution in [0.1, 0.15) is 52.9 Å². The molecule has 1 aliphatic rings. The van der Waals surface area contributed by atoms with Crippen LogP contribution in [0, 0.1) is 5.41 Å². The third-order valence-electron chi connectivity index (χ3n) is 2.30. The van der Waals surface area contributed by atoms with Gasteiger partial charge >= 0.3 is 0 Å². The van der Waals surface area contributed by atoms with E-state index in [0.717, 1.165) is 6.54 Å². The van der Waals surface area contributed by atoms with Gasteiger partial charge in [0.2, 0.25) is 0 Å². The monoisotopic (exact) mass is 157 g/mol. The van der Waals surface area contributed by atoms with Gasteiger partial charge < -0.3 is 5.73 Å². The van der Waals surface area contributed by atoms with E-state index < -0.39 is 0 Å². The summed E-state index contributed by atoms with van der Waals surface area (Å²) in [6, 6.07) is 0. The minimum absolute atomic E-state index is 0.514. The number of rotatable bonds is 1. The van der Waals surface area contributed by atoms with E-state index in [0.29, 0.717) is 5.41 Å². The molecule has 0 spiro atoms. The average molecular weight is 157 g/mol. The topological polar surface area (TPSA) is 26.0 Å². The van der Waals surface area contributed by atoms with E-state index in [4.69, 9.17) is 5.73 Å². The molecule has 1 aliphatic carbocycles. The fourth-order valence-electron chi connectivity index (χ4n) is 1.43. The van der Waals surface area contributed by atoms with E-state index in [1.807, 2.05) is 0 Å². The van der Waals surface area contributed by atoms with Crippen molar-refractivity contribution in [2.75, 3.05) is 6.54 Å². The molecule has 0 amide bonds. The molecule has 2 N–H and O–H groups in total. The summed E-state index contributed by atoms with van der Waals surface area (Å²) in [5, 5.41) is 0. The Morgan fingerprint density at radius 2 is 1.55 bits per heavy atom. The van der Waals surface area contributed by atoms with Crippen molar-refractivity contribution in [1.29, 1.82) is 0 Å². The Balaban J connectivity index is 0.000000292. The molecule has 0 aromatic rings. The lowest BCUT2D eigenvalue weighted by molar-refractivity contribution is 0.350. The number of nitrogens with two attached hydrogens (primary N) is 1. The molecule has 0 bridgehead atoms. The van der Waals surface area contributed by atoms with Crippen LogP contribution in [0.15, 0.2) is 0 Å². The molecule has 0 atom stereocenters. The molecule has 0 aromatic carbocycles. The smallest absolute Gasteiger partial charge is 0.00232 e. The summed E-state index contributed by atoms with van der Waals surface area (Å²) in [5.41, 5.74) is 6.08. The summed E-state index contributed by atoms with van der Waals surface area (Å²) in [7, 11) is 0. The van der Waals surface area contributed by atoms with Crippen LogP contribution in [0.3, 0.4) is 0 Å². The quantitative estimate of drug-likeness (QED) is 0.622. The van der Waals surface area contributed by atoms with Crippen molar-refractivity contribution >= 4 is 0 Å². The lowest BCUT2D eigenvalue weighted by Crippen LogP contribution is -2.22. The summed E-state index contributed by atoms with van der Waals surface area (Å²) in [6.45, 7) is 7.42. The highest BCUT2D eigenvalue weighted by Gasteiger charge is 2.26. The van der Waals surface area contributed by atoms with Crippen molar-refractivity contribution in [3.05, 3.63) is 0 Å². The molecule has 0 unspecified atom stereocenters. The van der Waals surface area contributed by atoms with E-state index in [1.54, 1.807) is 0 Å². The van der Waals surface area contributed by atoms with Crippen molar-refractivity contribution in [3.63, 3.8) is 0 Å². The van der Waals surface area contributed by atoms with Crippen molar-refractivity contribution in [3.8, 4) is 0 Å². The van der Waals surface area contributed by atoms with Crippen molar-refractivity contribution in [2.45, 2.75) is 52.9 Å². The van der Waals surface area contributed by atoms with Crippen LogP contribution in [0.2, 0.25) is 0 Å². The minimum Gasteiger partial charge on any atom is -0.330 e. The van der Waals surface area contributed by atoms with Crippen molar-refractivity contribution in [2.24, 2.45) is 11.1 Å².